The van der Waals surface area contributed by atoms with Gasteiger partial charge in [-0.25, -0.2) is 0 Å². The minimum atomic E-state index is -0.194. The number of aryl methyl sites for hydroxylation is 1. The maximum absolute atomic E-state index is 12.3. The van der Waals surface area contributed by atoms with Crippen LogP contribution in [0.4, 0.5) is 5.69 Å². The zero-order valence-corrected chi connectivity index (χ0v) is 14.2. The normalized spacial score (nSPS) is 10.2. The van der Waals surface area contributed by atoms with Gasteiger partial charge in [-0.15, -0.1) is 0 Å². The zero-order chi connectivity index (χ0) is 14.7. The van der Waals surface area contributed by atoms with Crippen LogP contribution in [0.5, 0.6) is 5.75 Å². The van der Waals surface area contributed by atoms with E-state index in [9.17, 15) is 4.79 Å². The SMILES string of the molecule is COc1ccc(Br)c(C(=O)Nc2ccc(C)cc2Br)c1. The first-order chi connectivity index (χ1) is 9.51. The molecule has 104 valence electrons. The third kappa shape index (κ3) is 3.41. The van der Waals surface area contributed by atoms with Crippen LogP contribution in [0.1, 0.15) is 15.9 Å². The number of carbonyl (C=O) groups is 1. The lowest BCUT2D eigenvalue weighted by atomic mass is 10.2. The minimum Gasteiger partial charge on any atom is -0.497 e. The molecule has 0 radical (unpaired) electrons. The summed E-state index contributed by atoms with van der Waals surface area (Å²) in [5.41, 5.74) is 2.38. The minimum absolute atomic E-state index is 0.194. The van der Waals surface area contributed by atoms with Crippen molar-refractivity contribution < 1.29 is 9.53 Å². The van der Waals surface area contributed by atoms with E-state index >= 15 is 0 Å². The number of methoxy groups -OCH3 is 1. The lowest BCUT2D eigenvalue weighted by molar-refractivity contribution is 0.102. The molecule has 2 aromatic carbocycles. The molecule has 0 heterocycles. The van der Waals surface area contributed by atoms with Gasteiger partial charge < -0.3 is 10.1 Å². The molecule has 2 rings (SSSR count). The van der Waals surface area contributed by atoms with Crippen molar-refractivity contribution in [2.24, 2.45) is 0 Å². The number of hydrogen-bond donors (Lipinski definition) is 1. The number of anilines is 1. The Bertz CT molecular complexity index is 656. The van der Waals surface area contributed by atoms with E-state index in [0.717, 1.165) is 20.2 Å². The summed E-state index contributed by atoms with van der Waals surface area (Å²) in [6, 6.07) is 11.0. The molecule has 0 aliphatic carbocycles. The monoisotopic (exact) mass is 397 g/mol. The van der Waals surface area contributed by atoms with Crippen LogP contribution in [0, 0.1) is 6.92 Å². The Kier molecular flexibility index (Phi) is 4.83. The van der Waals surface area contributed by atoms with Crippen LogP contribution < -0.4 is 10.1 Å². The molecule has 1 amide bonds. The van der Waals surface area contributed by atoms with Crippen LogP contribution in [-0.4, -0.2) is 13.0 Å². The molecule has 0 fully saturated rings. The standard InChI is InChI=1S/C15H13Br2NO2/c1-9-3-6-14(13(17)7-9)18-15(19)11-8-10(20-2)4-5-12(11)16/h3-8H,1-2H3,(H,18,19). The second-order valence-corrected chi connectivity index (χ2v) is 5.99. The van der Waals surface area contributed by atoms with Gasteiger partial charge in [0, 0.05) is 8.95 Å². The molecule has 5 heteroatoms. The third-order valence-electron chi connectivity index (χ3n) is 2.79. The van der Waals surface area contributed by atoms with Gasteiger partial charge in [0.15, 0.2) is 0 Å². The molecule has 0 aliphatic heterocycles. The quantitative estimate of drug-likeness (QED) is 0.807. The molecule has 1 N–H and O–H groups in total. The molecule has 2 aromatic rings. The van der Waals surface area contributed by atoms with Crippen LogP contribution in [0.15, 0.2) is 45.3 Å². The Morgan fingerprint density at radius 3 is 2.50 bits per heavy atom. The molecule has 3 nitrogen and oxygen atoms in total. The van der Waals surface area contributed by atoms with E-state index in [1.54, 1.807) is 25.3 Å². The number of hydrogen-bond acceptors (Lipinski definition) is 2. The summed E-state index contributed by atoms with van der Waals surface area (Å²) in [5.74, 6) is 0.446. The molecule has 0 atom stereocenters. The summed E-state index contributed by atoms with van der Waals surface area (Å²) in [5, 5.41) is 2.87. The van der Waals surface area contributed by atoms with Crippen molar-refractivity contribution in [3.63, 3.8) is 0 Å². The van der Waals surface area contributed by atoms with Gasteiger partial charge in [-0.3, -0.25) is 4.79 Å². The highest BCUT2D eigenvalue weighted by atomic mass is 79.9. The van der Waals surface area contributed by atoms with Gasteiger partial charge >= 0.3 is 0 Å². The van der Waals surface area contributed by atoms with Crippen molar-refractivity contribution in [1.29, 1.82) is 0 Å². The number of ether oxygens (including phenoxy) is 1. The van der Waals surface area contributed by atoms with E-state index in [1.165, 1.54) is 0 Å². The lowest BCUT2D eigenvalue weighted by Gasteiger charge is -2.10. The van der Waals surface area contributed by atoms with E-state index in [1.807, 2.05) is 25.1 Å². The van der Waals surface area contributed by atoms with E-state index in [2.05, 4.69) is 37.2 Å². The van der Waals surface area contributed by atoms with Crippen molar-refractivity contribution in [2.75, 3.05) is 12.4 Å². The van der Waals surface area contributed by atoms with Crippen LogP contribution in [0.2, 0.25) is 0 Å². The first-order valence-electron chi connectivity index (χ1n) is 5.92. The maximum Gasteiger partial charge on any atom is 0.256 e. The highest BCUT2D eigenvalue weighted by Crippen LogP contribution is 2.27. The second kappa shape index (κ2) is 6.41. The zero-order valence-electron chi connectivity index (χ0n) is 11.0. The molecule has 0 saturated heterocycles. The van der Waals surface area contributed by atoms with Crippen molar-refractivity contribution in [1.82, 2.24) is 0 Å². The van der Waals surface area contributed by atoms with E-state index in [0.29, 0.717) is 11.3 Å². The first-order valence-corrected chi connectivity index (χ1v) is 7.51. The Hall–Kier alpha value is -1.33. The lowest BCUT2D eigenvalue weighted by Crippen LogP contribution is -2.13. The Morgan fingerprint density at radius 2 is 1.85 bits per heavy atom. The van der Waals surface area contributed by atoms with Gasteiger partial charge in [0.05, 0.1) is 18.4 Å². The van der Waals surface area contributed by atoms with Crippen molar-refractivity contribution in [2.45, 2.75) is 6.92 Å². The molecule has 0 saturated carbocycles. The highest BCUT2D eigenvalue weighted by Gasteiger charge is 2.13. The number of amides is 1. The average Bonchev–Trinajstić information content (AvgIpc) is 2.42. The molecular formula is C15H13Br2NO2. The molecule has 0 unspecified atom stereocenters. The number of carbonyl (C=O) groups excluding carboxylic acids is 1. The van der Waals surface area contributed by atoms with Crippen LogP contribution in [0.3, 0.4) is 0 Å². The van der Waals surface area contributed by atoms with Gasteiger partial charge in [0.2, 0.25) is 0 Å². The number of halogens is 2. The molecule has 0 aromatic heterocycles. The highest BCUT2D eigenvalue weighted by molar-refractivity contribution is 9.11. The summed E-state index contributed by atoms with van der Waals surface area (Å²) in [7, 11) is 1.57. The Balaban J connectivity index is 2.28. The Labute approximate surface area is 134 Å². The van der Waals surface area contributed by atoms with Gasteiger partial charge in [0.25, 0.3) is 5.91 Å². The summed E-state index contributed by atoms with van der Waals surface area (Å²) < 4.78 is 6.71. The van der Waals surface area contributed by atoms with Crippen LogP contribution in [0.25, 0.3) is 0 Å². The molecule has 0 aliphatic rings. The smallest absolute Gasteiger partial charge is 0.256 e. The number of rotatable bonds is 3. The topological polar surface area (TPSA) is 38.3 Å². The summed E-state index contributed by atoms with van der Waals surface area (Å²) in [6.07, 6.45) is 0. The van der Waals surface area contributed by atoms with Crippen LogP contribution in [-0.2, 0) is 0 Å². The van der Waals surface area contributed by atoms with Gasteiger partial charge in [-0.05, 0) is 74.7 Å². The molecular weight excluding hydrogens is 386 g/mol. The van der Waals surface area contributed by atoms with E-state index in [-0.39, 0.29) is 5.91 Å². The molecule has 0 spiro atoms. The predicted octanol–water partition coefficient (Wildman–Crippen LogP) is 4.78. The summed E-state index contributed by atoms with van der Waals surface area (Å²) in [6.45, 7) is 2.00. The maximum atomic E-state index is 12.3. The number of nitrogens with one attached hydrogen (secondary N) is 1. The molecule has 20 heavy (non-hydrogen) atoms. The van der Waals surface area contributed by atoms with E-state index < -0.39 is 0 Å². The second-order valence-electron chi connectivity index (χ2n) is 4.28. The van der Waals surface area contributed by atoms with Crippen molar-refractivity contribution in [3.05, 3.63) is 56.5 Å². The fraction of sp³-hybridized carbons (Fsp3) is 0.133. The van der Waals surface area contributed by atoms with Crippen molar-refractivity contribution in [3.8, 4) is 5.75 Å². The Morgan fingerprint density at radius 1 is 1.10 bits per heavy atom. The fourth-order valence-electron chi connectivity index (χ4n) is 1.72. The molecule has 0 bridgehead atoms. The van der Waals surface area contributed by atoms with Crippen molar-refractivity contribution >= 4 is 43.5 Å². The van der Waals surface area contributed by atoms with Gasteiger partial charge in [-0.1, -0.05) is 6.07 Å². The van der Waals surface area contributed by atoms with Gasteiger partial charge in [-0.2, -0.15) is 0 Å². The first kappa shape index (κ1) is 15.1. The average molecular weight is 399 g/mol. The third-order valence-corrected chi connectivity index (χ3v) is 4.14. The van der Waals surface area contributed by atoms with Gasteiger partial charge in [0.1, 0.15) is 5.75 Å². The number of benzene rings is 2. The van der Waals surface area contributed by atoms with E-state index in [4.69, 9.17) is 4.74 Å². The fourth-order valence-corrected chi connectivity index (χ4v) is 2.74. The predicted molar refractivity (Wildman–Crippen MR) is 87.5 cm³/mol. The largest absolute Gasteiger partial charge is 0.497 e. The van der Waals surface area contributed by atoms with Crippen LogP contribution >= 0.6 is 31.9 Å². The summed E-state index contributed by atoms with van der Waals surface area (Å²) >= 11 is 6.82. The summed E-state index contributed by atoms with van der Waals surface area (Å²) in [4.78, 5) is 12.3.